The van der Waals surface area contributed by atoms with Crippen LogP contribution in [0.4, 0.5) is 5.69 Å². The van der Waals surface area contributed by atoms with Crippen LogP contribution < -0.4 is 5.32 Å². The van der Waals surface area contributed by atoms with E-state index in [4.69, 9.17) is 5.11 Å². The summed E-state index contributed by atoms with van der Waals surface area (Å²) in [5.74, 6) is -1.58. The Bertz CT molecular complexity index is 692. The molecular weight excluding hydrogens is 306 g/mol. The molecule has 0 fully saturated rings. The zero-order valence-electron chi connectivity index (χ0n) is 13.1. The summed E-state index contributed by atoms with van der Waals surface area (Å²) in [6.45, 7) is 4.67. The maximum Gasteiger partial charge on any atom is 0.309 e. The van der Waals surface area contributed by atoms with Crippen LogP contribution in [0, 0.1) is 12.3 Å². The molecule has 122 valence electrons. The molecule has 0 unspecified atom stereocenters. The SMILES string of the molecule is Cc1c(CS(C)(=O)=O)cccc1NC(=O)CC(C)(C)C(=O)O. The van der Waals surface area contributed by atoms with E-state index in [1.807, 2.05) is 0 Å². The van der Waals surface area contributed by atoms with Crippen molar-refractivity contribution in [1.82, 2.24) is 0 Å². The normalized spacial score (nSPS) is 12.0. The third-order valence-electron chi connectivity index (χ3n) is 3.32. The maximum atomic E-state index is 12.0. The Labute approximate surface area is 130 Å². The van der Waals surface area contributed by atoms with Gasteiger partial charge in [-0.15, -0.1) is 0 Å². The predicted molar refractivity (Wildman–Crippen MR) is 84.4 cm³/mol. The van der Waals surface area contributed by atoms with Gasteiger partial charge in [-0.3, -0.25) is 9.59 Å². The fourth-order valence-corrected chi connectivity index (χ4v) is 2.81. The first-order valence-corrected chi connectivity index (χ1v) is 8.78. The highest BCUT2D eigenvalue weighted by Crippen LogP contribution is 2.24. The van der Waals surface area contributed by atoms with E-state index >= 15 is 0 Å². The number of hydrogen-bond acceptors (Lipinski definition) is 4. The molecule has 2 N–H and O–H groups in total. The molecule has 0 aliphatic rings. The van der Waals surface area contributed by atoms with Gasteiger partial charge in [-0.1, -0.05) is 12.1 Å². The number of anilines is 1. The number of sulfone groups is 1. The van der Waals surface area contributed by atoms with Crippen molar-refractivity contribution in [2.75, 3.05) is 11.6 Å². The third kappa shape index (κ3) is 5.14. The zero-order chi connectivity index (χ0) is 17.1. The van der Waals surface area contributed by atoms with Crippen LogP contribution >= 0.6 is 0 Å². The number of carbonyl (C=O) groups excluding carboxylic acids is 1. The van der Waals surface area contributed by atoms with E-state index < -0.39 is 27.1 Å². The van der Waals surface area contributed by atoms with Gasteiger partial charge in [-0.2, -0.15) is 0 Å². The lowest BCUT2D eigenvalue weighted by Crippen LogP contribution is -2.29. The van der Waals surface area contributed by atoms with E-state index in [1.54, 1.807) is 25.1 Å². The Morgan fingerprint density at radius 3 is 2.36 bits per heavy atom. The summed E-state index contributed by atoms with van der Waals surface area (Å²) in [6.07, 6.45) is 0.977. The number of carboxylic acids is 1. The highest BCUT2D eigenvalue weighted by molar-refractivity contribution is 7.89. The summed E-state index contributed by atoms with van der Waals surface area (Å²) >= 11 is 0. The first kappa shape index (κ1) is 18.2. The van der Waals surface area contributed by atoms with Crippen LogP contribution in [0.2, 0.25) is 0 Å². The van der Waals surface area contributed by atoms with Crippen LogP contribution in [0.5, 0.6) is 0 Å². The smallest absolute Gasteiger partial charge is 0.309 e. The Hall–Kier alpha value is -1.89. The quantitative estimate of drug-likeness (QED) is 0.832. The van der Waals surface area contributed by atoms with Crippen molar-refractivity contribution in [3.63, 3.8) is 0 Å². The number of rotatable bonds is 6. The van der Waals surface area contributed by atoms with Gasteiger partial charge in [0.15, 0.2) is 9.84 Å². The van der Waals surface area contributed by atoms with Crippen molar-refractivity contribution < 1.29 is 23.1 Å². The number of carbonyl (C=O) groups is 2. The van der Waals surface area contributed by atoms with Gasteiger partial charge < -0.3 is 10.4 Å². The van der Waals surface area contributed by atoms with Crippen molar-refractivity contribution in [3.05, 3.63) is 29.3 Å². The van der Waals surface area contributed by atoms with Crippen LogP contribution in [-0.2, 0) is 25.2 Å². The Morgan fingerprint density at radius 1 is 1.27 bits per heavy atom. The minimum Gasteiger partial charge on any atom is -0.481 e. The molecular formula is C15H21NO5S. The summed E-state index contributed by atoms with van der Waals surface area (Å²) in [5, 5.41) is 11.7. The second kappa shape index (κ2) is 6.48. The van der Waals surface area contributed by atoms with E-state index in [9.17, 15) is 18.0 Å². The molecule has 1 aromatic rings. The lowest BCUT2D eigenvalue weighted by atomic mass is 9.89. The lowest BCUT2D eigenvalue weighted by molar-refractivity contribution is -0.148. The average molecular weight is 327 g/mol. The molecule has 1 aromatic carbocycles. The molecule has 0 spiro atoms. The molecule has 0 aliphatic carbocycles. The number of benzene rings is 1. The number of aliphatic carboxylic acids is 1. The summed E-state index contributed by atoms with van der Waals surface area (Å²) in [4.78, 5) is 23.0. The lowest BCUT2D eigenvalue weighted by Gasteiger charge is -2.19. The van der Waals surface area contributed by atoms with Gasteiger partial charge in [-0.25, -0.2) is 8.42 Å². The molecule has 7 heteroatoms. The largest absolute Gasteiger partial charge is 0.481 e. The monoisotopic (exact) mass is 327 g/mol. The van der Waals surface area contributed by atoms with Crippen molar-refractivity contribution in [2.24, 2.45) is 5.41 Å². The molecule has 0 aliphatic heterocycles. The molecule has 22 heavy (non-hydrogen) atoms. The highest BCUT2D eigenvalue weighted by Gasteiger charge is 2.30. The van der Waals surface area contributed by atoms with Gasteiger partial charge in [0, 0.05) is 18.4 Å². The summed E-state index contributed by atoms with van der Waals surface area (Å²) in [5.41, 5.74) is 0.599. The first-order valence-electron chi connectivity index (χ1n) is 6.72. The van der Waals surface area contributed by atoms with Crippen molar-refractivity contribution >= 4 is 27.4 Å². The van der Waals surface area contributed by atoms with Gasteiger partial charge in [0.2, 0.25) is 5.91 Å². The molecule has 1 rings (SSSR count). The van der Waals surface area contributed by atoms with E-state index in [0.717, 1.165) is 6.26 Å². The van der Waals surface area contributed by atoms with Gasteiger partial charge in [0.05, 0.1) is 11.2 Å². The fourth-order valence-electron chi connectivity index (χ4n) is 1.93. The molecule has 0 saturated carbocycles. The van der Waals surface area contributed by atoms with Gasteiger partial charge in [0.25, 0.3) is 0 Å². The van der Waals surface area contributed by atoms with Crippen molar-refractivity contribution in [1.29, 1.82) is 0 Å². The minimum atomic E-state index is -3.18. The molecule has 0 radical (unpaired) electrons. The first-order chi connectivity index (χ1) is 9.92. The molecule has 6 nitrogen and oxygen atoms in total. The Balaban J connectivity index is 2.93. The van der Waals surface area contributed by atoms with E-state index in [-0.39, 0.29) is 12.2 Å². The topological polar surface area (TPSA) is 101 Å². The van der Waals surface area contributed by atoms with E-state index in [0.29, 0.717) is 16.8 Å². The fraction of sp³-hybridized carbons (Fsp3) is 0.467. The number of amides is 1. The van der Waals surface area contributed by atoms with Crippen molar-refractivity contribution in [2.45, 2.75) is 32.9 Å². The molecule has 0 atom stereocenters. The van der Waals surface area contributed by atoms with Gasteiger partial charge in [0.1, 0.15) is 0 Å². The maximum absolute atomic E-state index is 12.0. The van der Waals surface area contributed by atoms with Crippen LogP contribution in [0.15, 0.2) is 18.2 Å². The van der Waals surface area contributed by atoms with Crippen LogP contribution in [0.1, 0.15) is 31.4 Å². The second-order valence-corrected chi connectivity index (χ2v) is 8.21. The molecule has 0 bridgehead atoms. The number of nitrogens with one attached hydrogen (secondary N) is 1. The highest BCUT2D eigenvalue weighted by atomic mass is 32.2. The van der Waals surface area contributed by atoms with Crippen molar-refractivity contribution in [3.8, 4) is 0 Å². The average Bonchev–Trinajstić information content (AvgIpc) is 2.31. The molecule has 0 aromatic heterocycles. The predicted octanol–water partition coefficient (Wildman–Crippen LogP) is 1.98. The summed E-state index contributed by atoms with van der Waals surface area (Å²) in [6, 6.07) is 5.01. The standard InChI is InChI=1S/C15H21NO5S/c1-10-11(9-22(4,20)21)6-5-7-12(10)16-13(17)8-15(2,3)14(18)19/h5-7H,8-9H2,1-4H3,(H,16,17)(H,18,19). The van der Waals surface area contributed by atoms with E-state index in [2.05, 4.69) is 5.32 Å². The minimum absolute atomic E-state index is 0.108. The second-order valence-electron chi connectivity index (χ2n) is 6.07. The molecule has 1 amide bonds. The Morgan fingerprint density at radius 2 is 1.86 bits per heavy atom. The molecule has 0 saturated heterocycles. The van der Waals surface area contributed by atoms with Crippen LogP contribution in [-0.4, -0.2) is 31.7 Å². The molecule has 0 heterocycles. The number of carboxylic acid groups (broad SMARTS) is 1. The zero-order valence-corrected chi connectivity index (χ0v) is 14.0. The third-order valence-corrected chi connectivity index (χ3v) is 4.15. The van der Waals surface area contributed by atoms with Gasteiger partial charge >= 0.3 is 5.97 Å². The summed E-state index contributed by atoms with van der Waals surface area (Å²) in [7, 11) is -3.18. The van der Waals surface area contributed by atoms with Crippen LogP contribution in [0.25, 0.3) is 0 Å². The Kier molecular flexibility index (Phi) is 5.35. The van der Waals surface area contributed by atoms with E-state index in [1.165, 1.54) is 13.8 Å². The number of hydrogen-bond donors (Lipinski definition) is 2. The van der Waals surface area contributed by atoms with Crippen LogP contribution in [0.3, 0.4) is 0 Å². The van der Waals surface area contributed by atoms with Gasteiger partial charge in [-0.05, 0) is 38.0 Å². The summed E-state index contributed by atoms with van der Waals surface area (Å²) < 4.78 is 22.8.